The zero-order valence-corrected chi connectivity index (χ0v) is 15.0. The third-order valence-corrected chi connectivity index (χ3v) is 6.04. The van der Waals surface area contributed by atoms with Gasteiger partial charge in [0.15, 0.2) is 11.5 Å². The van der Waals surface area contributed by atoms with E-state index in [2.05, 4.69) is 6.07 Å². The zero-order chi connectivity index (χ0) is 17.5. The summed E-state index contributed by atoms with van der Waals surface area (Å²) in [6.07, 6.45) is 1.95. The van der Waals surface area contributed by atoms with Crippen molar-refractivity contribution in [3.63, 3.8) is 0 Å². The Morgan fingerprint density at radius 3 is 2.85 bits per heavy atom. The van der Waals surface area contributed by atoms with E-state index in [1.165, 1.54) is 4.70 Å². The first-order valence-corrected chi connectivity index (χ1v) is 9.67. The quantitative estimate of drug-likeness (QED) is 0.687. The van der Waals surface area contributed by atoms with E-state index in [0.717, 1.165) is 29.9 Å². The van der Waals surface area contributed by atoms with Gasteiger partial charge >= 0.3 is 0 Å². The predicted octanol–water partition coefficient (Wildman–Crippen LogP) is 4.04. The van der Waals surface area contributed by atoms with Gasteiger partial charge in [0.2, 0.25) is 0 Å². The lowest BCUT2D eigenvalue weighted by atomic mass is 10.1. The minimum Gasteiger partial charge on any atom is -0.486 e. The molecule has 0 bridgehead atoms. The Hall–Kier alpha value is -2.60. The molecule has 1 aromatic heterocycles. The maximum absolute atomic E-state index is 13.1. The summed E-state index contributed by atoms with van der Waals surface area (Å²) in [4.78, 5) is 19.9. The van der Waals surface area contributed by atoms with Crippen LogP contribution in [0.3, 0.4) is 0 Å². The van der Waals surface area contributed by atoms with Crippen molar-refractivity contribution in [1.82, 2.24) is 9.88 Å². The SMILES string of the molecule is O=C(c1ccc2c(c1)OCCO2)N1CCC[C@H]1c1nc2ccccc2s1. The molecule has 1 fully saturated rings. The number of para-hydroxylation sites is 1. The molecule has 26 heavy (non-hydrogen) atoms. The van der Waals surface area contributed by atoms with Crippen LogP contribution in [0.1, 0.15) is 34.2 Å². The number of carbonyl (C=O) groups is 1. The summed E-state index contributed by atoms with van der Waals surface area (Å²) in [7, 11) is 0. The van der Waals surface area contributed by atoms with Crippen molar-refractivity contribution in [2.45, 2.75) is 18.9 Å². The zero-order valence-electron chi connectivity index (χ0n) is 14.2. The van der Waals surface area contributed by atoms with Gasteiger partial charge in [-0.3, -0.25) is 4.79 Å². The second-order valence-corrected chi connectivity index (χ2v) is 7.60. The van der Waals surface area contributed by atoms with Crippen molar-refractivity contribution in [3.8, 4) is 11.5 Å². The molecule has 0 aliphatic carbocycles. The highest BCUT2D eigenvalue weighted by Crippen LogP contribution is 2.38. The molecule has 2 aliphatic rings. The van der Waals surface area contributed by atoms with Gasteiger partial charge in [0.05, 0.1) is 16.3 Å². The molecule has 5 rings (SSSR count). The van der Waals surface area contributed by atoms with Gasteiger partial charge in [-0.05, 0) is 43.2 Å². The first-order chi connectivity index (χ1) is 12.8. The summed E-state index contributed by atoms with van der Waals surface area (Å²) in [6, 6.07) is 13.6. The number of thiazole rings is 1. The molecule has 2 aromatic carbocycles. The second kappa shape index (κ2) is 6.29. The number of carbonyl (C=O) groups excluding carboxylic acids is 1. The molecular weight excluding hydrogens is 348 g/mol. The molecule has 1 saturated heterocycles. The summed E-state index contributed by atoms with van der Waals surface area (Å²) in [6.45, 7) is 1.82. The maximum atomic E-state index is 13.1. The van der Waals surface area contributed by atoms with E-state index in [4.69, 9.17) is 14.5 Å². The Morgan fingerprint density at radius 1 is 1.12 bits per heavy atom. The van der Waals surface area contributed by atoms with Gasteiger partial charge in [0.25, 0.3) is 5.91 Å². The lowest BCUT2D eigenvalue weighted by Gasteiger charge is -2.24. The topological polar surface area (TPSA) is 51.7 Å². The van der Waals surface area contributed by atoms with Gasteiger partial charge in [-0.2, -0.15) is 0 Å². The van der Waals surface area contributed by atoms with Crippen LogP contribution in [-0.4, -0.2) is 35.5 Å². The van der Waals surface area contributed by atoms with E-state index in [-0.39, 0.29) is 11.9 Å². The van der Waals surface area contributed by atoms with Crippen LogP contribution in [0.5, 0.6) is 11.5 Å². The molecule has 2 aliphatic heterocycles. The Balaban J connectivity index is 1.45. The molecule has 6 heteroatoms. The number of aromatic nitrogens is 1. The van der Waals surface area contributed by atoms with E-state index in [1.807, 2.05) is 35.2 Å². The lowest BCUT2D eigenvalue weighted by Crippen LogP contribution is -2.30. The van der Waals surface area contributed by atoms with Crippen molar-refractivity contribution >= 4 is 27.5 Å². The summed E-state index contributed by atoms with van der Waals surface area (Å²) in [5.41, 5.74) is 1.65. The summed E-state index contributed by atoms with van der Waals surface area (Å²) in [5, 5.41) is 1.02. The molecule has 0 radical (unpaired) electrons. The van der Waals surface area contributed by atoms with E-state index < -0.39 is 0 Å². The minimum atomic E-state index is 0.0312. The highest BCUT2D eigenvalue weighted by Gasteiger charge is 2.33. The molecular formula is C20H18N2O3S. The van der Waals surface area contributed by atoms with Gasteiger partial charge < -0.3 is 14.4 Å². The normalized spacial score (nSPS) is 19.1. The fourth-order valence-corrected chi connectivity index (χ4v) is 4.76. The number of benzene rings is 2. The predicted molar refractivity (Wildman–Crippen MR) is 100 cm³/mol. The second-order valence-electron chi connectivity index (χ2n) is 6.53. The number of hydrogen-bond donors (Lipinski definition) is 0. The number of amides is 1. The third-order valence-electron chi connectivity index (χ3n) is 4.90. The Kier molecular flexibility index (Phi) is 3.78. The van der Waals surface area contributed by atoms with Gasteiger partial charge in [0, 0.05) is 12.1 Å². The van der Waals surface area contributed by atoms with Crippen LogP contribution in [0.15, 0.2) is 42.5 Å². The molecule has 3 aromatic rings. The highest BCUT2D eigenvalue weighted by atomic mass is 32.1. The van der Waals surface area contributed by atoms with Crippen LogP contribution in [0.25, 0.3) is 10.2 Å². The minimum absolute atomic E-state index is 0.0312. The van der Waals surface area contributed by atoms with Crippen LogP contribution in [-0.2, 0) is 0 Å². The molecule has 3 heterocycles. The number of ether oxygens (including phenoxy) is 2. The number of likely N-dealkylation sites (tertiary alicyclic amines) is 1. The van der Waals surface area contributed by atoms with Crippen LogP contribution in [0.4, 0.5) is 0 Å². The van der Waals surface area contributed by atoms with E-state index in [9.17, 15) is 4.79 Å². The van der Waals surface area contributed by atoms with Crippen LogP contribution < -0.4 is 9.47 Å². The van der Waals surface area contributed by atoms with Gasteiger partial charge in [-0.1, -0.05) is 12.1 Å². The molecule has 0 unspecified atom stereocenters. The molecule has 0 N–H and O–H groups in total. The Bertz CT molecular complexity index is 951. The largest absolute Gasteiger partial charge is 0.486 e. The molecule has 0 spiro atoms. The Morgan fingerprint density at radius 2 is 1.96 bits per heavy atom. The van der Waals surface area contributed by atoms with Gasteiger partial charge in [-0.25, -0.2) is 4.98 Å². The first-order valence-electron chi connectivity index (χ1n) is 8.86. The van der Waals surface area contributed by atoms with Gasteiger partial charge in [-0.15, -0.1) is 11.3 Å². The average molecular weight is 366 g/mol. The standard InChI is InChI=1S/C20H18N2O3S/c23-20(13-7-8-16-17(12-13)25-11-10-24-16)22-9-3-5-15(22)19-21-14-4-1-2-6-18(14)26-19/h1-2,4,6-8,12,15H,3,5,9-11H2/t15-/m0/s1. The smallest absolute Gasteiger partial charge is 0.254 e. The fourth-order valence-electron chi connectivity index (χ4n) is 3.64. The van der Waals surface area contributed by atoms with E-state index in [1.54, 1.807) is 17.4 Å². The van der Waals surface area contributed by atoms with Crippen molar-refractivity contribution in [2.75, 3.05) is 19.8 Å². The summed E-state index contributed by atoms with van der Waals surface area (Å²) < 4.78 is 12.3. The Labute approximate surface area is 155 Å². The number of rotatable bonds is 2. The number of hydrogen-bond acceptors (Lipinski definition) is 5. The average Bonchev–Trinajstić information content (AvgIpc) is 3.33. The van der Waals surface area contributed by atoms with Crippen LogP contribution in [0.2, 0.25) is 0 Å². The van der Waals surface area contributed by atoms with Crippen molar-refractivity contribution < 1.29 is 14.3 Å². The van der Waals surface area contributed by atoms with E-state index in [0.29, 0.717) is 30.3 Å². The maximum Gasteiger partial charge on any atom is 0.254 e. The number of fused-ring (bicyclic) bond motifs is 2. The fraction of sp³-hybridized carbons (Fsp3) is 0.300. The highest BCUT2D eigenvalue weighted by molar-refractivity contribution is 7.18. The van der Waals surface area contributed by atoms with Crippen LogP contribution in [0, 0.1) is 0 Å². The molecule has 5 nitrogen and oxygen atoms in total. The van der Waals surface area contributed by atoms with E-state index >= 15 is 0 Å². The number of nitrogens with zero attached hydrogens (tertiary/aromatic N) is 2. The summed E-state index contributed by atoms with van der Waals surface area (Å²) in [5.74, 6) is 1.39. The monoisotopic (exact) mass is 366 g/mol. The van der Waals surface area contributed by atoms with Crippen molar-refractivity contribution in [1.29, 1.82) is 0 Å². The molecule has 132 valence electrons. The lowest BCUT2D eigenvalue weighted by molar-refractivity contribution is 0.0734. The summed E-state index contributed by atoms with van der Waals surface area (Å²) >= 11 is 1.68. The molecule has 1 atom stereocenters. The van der Waals surface area contributed by atoms with Crippen molar-refractivity contribution in [2.24, 2.45) is 0 Å². The van der Waals surface area contributed by atoms with Crippen LogP contribution >= 0.6 is 11.3 Å². The first kappa shape index (κ1) is 15.6. The van der Waals surface area contributed by atoms with Crippen molar-refractivity contribution in [3.05, 3.63) is 53.0 Å². The third kappa shape index (κ3) is 2.61. The van der Waals surface area contributed by atoms with Gasteiger partial charge in [0.1, 0.15) is 18.2 Å². The molecule has 0 saturated carbocycles. The molecule has 1 amide bonds.